The van der Waals surface area contributed by atoms with Crippen molar-refractivity contribution in [3.05, 3.63) is 0 Å². The van der Waals surface area contributed by atoms with E-state index in [0.717, 1.165) is 0 Å². The molecule has 0 radical (unpaired) electrons. The molecule has 0 aliphatic rings. The first-order chi connectivity index (χ1) is 5.20. The van der Waals surface area contributed by atoms with Crippen molar-refractivity contribution in [3.8, 4) is 0 Å². The molecular weight excluding hydrogens is 321 g/mol. The molecule has 0 amide bonds. The third kappa shape index (κ3) is 14200. The Morgan fingerprint density at radius 1 is 0.571 bits per heavy atom. The van der Waals surface area contributed by atoms with Gasteiger partial charge in [0.25, 0.3) is 0 Å². The number of hydrogen-bond acceptors (Lipinski definition) is 9. The van der Waals surface area contributed by atoms with Crippen molar-refractivity contribution in [2.75, 3.05) is 0 Å². The SMILES string of the molecule is O=C([O-])[O-].O=C([O-])[O-].O=C([O-])[O-].[Ca+2].[Ru+4]. The Bertz CT molecular complexity index is 118. The molecule has 0 rings (SSSR count). The second-order valence-corrected chi connectivity index (χ2v) is 0.750. The molecule has 0 aliphatic carbocycles. The van der Waals surface area contributed by atoms with Gasteiger partial charge in [-0.2, -0.15) is 0 Å². The van der Waals surface area contributed by atoms with Crippen molar-refractivity contribution in [1.29, 1.82) is 0 Å². The van der Waals surface area contributed by atoms with Gasteiger partial charge >= 0.3 is 57.2 Å². The summed E-state index contributed by atoms with van der Waals surface area (Å²) in [5, 5.41) is 50.0. The number of hydrogen-bond donors (Lipinski definition) is 0. The van der Waals surface area contributed by atoms with E-state index >= 15 is 0 Å². The molecule has 0 saturated carbocycles. The Balaban J connectivity index is -0.0000000270. The molecule has 0 aliphatic heterocycles. The molecule has 9 nitrogen and oxygen atoms in total. The van der Waals surface area contributed by atoms with Crippen LogP contribution in [0.15, 0.2) is 0 Å². The molecule has 0 aromatic heterocycles. The molecule has 0 unspecified atom stereocenters. The first-order valence-corrected chi connectivity index (χ1v) is 1.84. The average Bonchev–Trinajstić information content (AvgIpc) is 1.54. The molecule has 0 atom stereocenters. The summed E-state index contributed by atoms with van der Waals surface area (Å²) >= 11 is 0. The predicted octanol–water partition coefficient (Wildman–Crippen LogP) is -7.72. The summed E-state index contributed by atoms with van der Waals surface area (Å²) in [5.41, 5.74) is 0. The van der Waals surface area contributed by atoms with E-state index in [-0.39, 0.29) is 57.2 Å². The number of carboxylic acid groups (broad SMARTS) is 6. The van der Waals surface area contributed by atoms with Gasteiger partial charge in [0.05, 0.1) is 0 Å². The molecule has 0 aromatic carbocycles. The Labute approximate surface area is 120 Å². The van der Waals surface area contributed by atoms with Gasteiger partial charge in [0.1, 0.15) is 0 Å². The summed E-state index contributed by atoms with van der Waals surface area (Å²) in [5.74, 6) is 0. The summed E-state index contributed by atoms with van der Waals surface area (Å²) < 4.78 is 0. The smallest absolute Gasteiger partial charge is 0.652 e. The molecule has 0 saturated heterocycles. The number of carbonyl (C=O) groups excluding carboxylic acids is 3. The molecule has 0 heterocycles. The monoisotopic (exact) mass is 322 g/mol. The van der Waals surface area contributed by atoms with Crippen molar-refractivity contribution in [3.63, 3.8) is 0 Å². The van der Waals surface area contributed by atoms with E-state index in [2.05, 4.69) is 0 Å². The van der Waals surface area contributed by atoms with E-state index in [4.69, 9.17) is 45.0 Å². The van der Waals surface area contributed by atoms with Crippen LogP contribution in [0.1, 0.15) is 0 Å². The topological polar surface area (TPSA) is 190 Å². The minimum Gasteiger partial charge on any atom is -0.652 e. The van der Waals surface area contributed by atoms with Crippen LogP contribution in [0.2, 0.25) is 0 Å². The zero-order valence-corrected chi connectivity index (χ0v) is 10.2. The maximum Gasteiger partial charge on any atom is 4.00 e. The van der Waals surface area contributed by atoms with E-state index in [9.17, 15) is 0 Å². The van der Waals surface area contributed by atoms with Crippen molar-refractivity contribution >= 4 is 56.2 Å². The van der Waals surface area contributed by atoms with Gasteiger partial charge in [0.15, 0.2) is 0 Å². The maximum absolute atomic E-state index is 8.33. The third-order valence-corrected chi connectivity index (χ3v) is 0. The van der Waals surface area contributed by atoms with Gasteiger partial charge in [-0.3, -0.25) is 0 Å². The van der Waals surface area contributed by atoms with Gasteiger partial charge in [-0.05, 0) is 18.5 Å². The molecule has 0 bridgehead atoms. The van der Waals surface area contributed by atoms with E-state index < -0.39 is 18.5 Å². The minimum absolute atomic E-state index is 0. The fraction of sp³-hybridized carbons (Fsp3) is 0. The maximum atomic E-state index is 8.33. The van der Waals surface area contributed by atoms with Gasteiger partial charge in [-0.1, -0.05) is 0 Å². The number of rotatable bonds is 0. The van der Waals surface area contributed by atoms with E-state index in [1.807, 2.05) is 0 Å². The van der Waals surface area contributed by atoms with Crippen molar-refractivity contribution < 1.29 is 64.5 Å². The van der Waals surface area contributed by atoms with Crippen LogP contribution in [0, 0.1) is 0 Å². The third-order valence-electron chi connectivity index (χ3n) is 0. The first-order valence-electron chi connectivity index (χ1n) is 1.84. The van der Waals surface area contributed by atoms with Crippen molar-refractivity contribution in [1.82, 2.24) is 0 Å². The van der Waals surface area contributed by atoms with E-state index in [1.54, 1.807) is 0 Å². The minimum atomic E-state index is -2.33. The predicted molar refractivity (Wildman–Crippen MR) is 21.9 cm³/mol. The van der Waals surface area contributed by atoms with Crippen molar-refractivity contribution in [2.24, 2.45) is 0 Å². The largest absolute Gasteiger partial charge is 4.00 e. The van der Waals surface area contributed by atoms with Crippen LogP contribution in [-0.2, 0) is 19.5 Å². The molecule has 76 valence electrons. The zero-order valence-electron chi connectivity index (χ0n) is 6.23. The van der Waals surface area contributed by atoms with Gasteiger partial charge in [-0.25, -0.2) is 0 Å². The summed E-state index contributed by atoms with van der Waals surface area (Å²) in [7, 11) is 0. The molecule has 0 aromatic rings. The van der Waals surface area contributed by atoms with Crippen LogP contribution < -0.4 is 30.6 Å². The van der Waals surface area contributed by atoms with Gasteiger partial charge in [-0.15, -0.1) is 0 Å². The summed E-state index contributed by atoms with van der Waals surface area (Å²) in [6, 6.07) is 0. The van der Waals surface area contributed by atoms with Gasteiger partial charge < -0.3 is 45.0 Å². The number of carbonyl (C=O) groups is 3. The Morgan fingerprint density at radius 2 is 0.571 bits per heavy atom. The van der Waals surface area contributed by atoms with Crippen LogP contribution in [0.4, 0.5) is 14.4 Å². The summed E-state index contributed by atoms with van der Waals surface area (Å²) in [4.78, 5) is 25.0. The van der Waals surface area contributed by atoms with Crippen LogP contribution in [0.5, 0.6) is 0 Å². The second-order valence-electron chi connectivity index (χ2n) is 0.750. The van der Waals surface area contributed by atoms with Crippen LogP contribution in [-0.4, -0.2) is 56.2 Å². The molecule has 0 spiro atoms. The van der Waals surface area contributed by atoms with Crippen LogP contribution >= 0.6 is 0 Å². The Morgan fingerprint density at radius 3 is 0.571 bits per heavy atom. The van der Waals surface area contributed by atoms with E-state index in [1.165, 1.54) is 0 Å². The van der Waals surface area contributed by atoms with Gasteiger partial charge in [0.2, 0.25) is 0 Å². The molecule has 11 heteroatoms. The molecule has 14 heavy (non-hydrogen) atoms. The Hall–Kier alpha value is -0.307. The Kier molecular flexibility index (Phi) is 47.9. The summed E-state index contributed by atoms with van der Waals surface area (Å²) in [6.45, 7) is 0. The summed E-state index contributed by atoms with van der Waals surface area (Å²) in [6.07, 6.45) is -7.00. The molecule has 0 N–H and O–H groups in total. The fourth-order valence-corrected chi connectivity index (χ4v) is 0. The fourth-order valence-electron chi connectivity index (χ4n) is 0. The van der Waals surface area contributed by atoms with E-state index in [0.29, 0.717) is 0 Å². The normalized spacial score (nSPS) is 5.14. The average molecular weight is 321 g/mol. The molecular formula is C3CaO9Ru. The zero-order chi connectivity index (χ0) is 10.7. The van der Waals surface area contributed by atoms with Gasteiger partial charge in [0, 0.05) is 0 Å². The molecule has 0 fully saturated rings. The van der Waals surface area contributed by atoms with Crippen LogP contribution in [0.25, 0.3) is 0 Å². The standard InChI is InChI=1S/3CH2O3.Ca.Ru/c3*2-1(3)4;;/h3*(H2,2,3,4);;/q;;;+2;+4/p-6. The second kappa shape index (κ2) is 23.0. The van der Waals surface area contributed by atoms with Crippen LogP contribution in [0.3, 0.4) is 0 Å². The van der Waals surface area contributed by atoms with Crippen molar-refractivity contribution in [2.45, 2.75) is 0 Å². The first kappa shape index (κ1) is 29.2. The quantitative estimate of drug-likeness (QED) is 0.390.